The smallest absolute Gasteiger partial charge is 0.141 e. The Labute approximate surface area is 118 Å². The second kappa shape index (κ2) is 6.08. The molecule has 1 aromatic heterocycles. The van der Waals surface area contributed by atoms with Crippen LogP contribution in [-0.2, 0) is 20.1 Å². The van der Waals surface area contributed by atoms with Crippen LogP contribution in [0.3, 0.4) is 0 Å². The van der Waals surface area contributed by atoms with Crippen LogP contribution in [0.1, 0.15) is 17.0 Å². The number of para-hydroxylation sites is 1. The van der Waals surface area contributed by atoms with Crippen LogP contribution in [0, 0.1) is 6.92 Å². The zero-order valence-electron chi connectivity index (χ0n) is 11.2. The maximum Gasteiger partial charge on any atom is 0.141 e. The molecule has 2 rings (SSSR count). The van der Waals surface area contributed by atoms with Crippen LogP contribution in [0.4, 0.5) is 0 Å². The lowest BCUT2D eigenvalue weighted by atomic mass is 10.1. The molecule has 19 heavy (non-hydrogen) atoms. The van der Waals surface area contributed by atoms with Crippen molar-refractivity contribution < 1.29 is 4.74 Å². The topological polar surface area (TPSA) is 53.1 Å². The van der Waals surface area contributed by atoms with E-state index >= 15 is 0 Å². The Balaban J connectivity index is 2.17. The van der Waals surface area contributed by atoms with Crippen LogP contribution in [0.5, 0.6) is 5.75 Å². The minimum atomic E-state index is 0.443. The summed E-state index contributed by atoms with van der Waals surface area (Å²) in [6.45, 7) is 2.97. The number of halogens is 1. The summed E-state index contributed by atoms with van der Waals surface area (Å²) >= 11 is 6.19. The molecule has 0 bridgehead atoms. The summed E-state index contributed by atoms with van der Waals surface area (Å²) in [5, 5.41) is 4.90. The molecule has 1 aromatic carbocycles. The zero-order valence-corrected chi connectivity index (χ0v) is 11.9. The normalized spacial score (nSPS) is 10.7. The van der Waals surface area contributed by atoms with Gasteiger partial charge in [-0.25, -0.2) is 0 Å². The highest BCUT2D eigenvalue weighted by Crippen LogP contribution is 2.29. The number of hydrogen-bond donors (Lipinski definition) is 1. The highest BCUT2D eigenvalue weighted by atomic mass is 35.5. The van der Waals surface area contributed by atoms with E-state index in [1.807, 2.05) is 42.9 Å². The Bertz CT molecular complexity index is 566. The first kappa shape index (κ1) is 13.9. The van der Waals surface area contributed by atoms with E-state index < -0.39 is 0 Å². The average Bonchev–Trinajstić information content (AvgIpc) is 2.67. The predicted molar refractivity (Wildman–Crippen MR) is 76.5 cm³/mol. The number of aryl methyl sites for hydroxylation is 2. The Morgan fingerprint density at radius 3 is 2.84 bits per heavy atom. The monoisotopic (exact) mass is 279 g/mol. The van der Waals surface area contributed by atoms with Gasteiger partial charge in [0, 0.05) is 7.05 Å². The van der Waals surface area contributed by atoms with Gasteiger partial charge >= 0.3 is 0 Å². The van der Waals surface area contributed by atoms with E-state index in [1.165, 1.54) is 0 Å². The standard InChI is InChI=1S/C14H18ClN3O/c1-10-8-12(18(2)17-10)9-19-14-11(6-7-16)4-3-5-13(14)15/h3-5,8H,6-7,9,16H2,1-2H3. The number of ether oxygens (including phenoxy) is 1. The summed E-state index contributed by atoms with van der Waals surface area (Å²) < 4.78 is 7.67. The van der Waals surface area contributed by atoms with Crippen LogP contribution in [0.25, 0.3) is 0 Å². The second-order valence-electron chi connectivity index (χ2n) is 4.46. The van der Waals surface area contributed by atoms with Crippen LogP contribution < -0.4 is 10.5 Å². The van der Waals surface area contributed by atoms with Gasteiger partial charge in [-0.15, -0.1) is 0 Å². The molecule has 4 nitrogen and oxygen atoms in total. The summed E-state index contributed by atoms with van der Waals surface area (Å²) in [6, 6.07) is 7.72. The first-order valence-electron chi connectivity index (χ1n) is 6.21. The summed E-state index contributed by atoms with van der Waals surface area (Å²) in [6.07, 6.45) is 0.750. The van der Waals surface area contributed by atoms with Gasteiger partial charge < -0.3 is 10.5 Å². The first-order valence-corrected chi connectivity index (χ1v) is 6.59. The van der Waals surface area contributed by atoms with Crippen molar-refractivity contribution in [3.63, 3.8) is 0 Å². The average molecular weight is 280 g/mol. The molecule has 2 N–H and O–H groups in total. The summed E-state index contributed by atoms with van der Waals surface area (Å²) in [4.78, 5) is 0. The van der Waals surface area contributed by atoms with Crippen molar-refractivity contribution in [2.75, 3.05) is 6.54 Å². The molecule has 0 radical (unpaired) electrons. The van der Waals surface area contributed by atoms with Gasteiger partial charge in [-0.1, -0.05) is 23.7 Å². The molecule has 0 saturated heterocycles. The molecule has 5 heteroatoms. The van der Waals surface area contributed by atoms with E-state index in [1.54, 1.807) is 0 Å². The van der Waals surface area contributed by atoms with Crippen LogP contribution in [0.2, 0.25) is 5.02 Å². The van der Waals surface area contributed by atoms with E-state index in [0.29, 0.717) is 23.9 Å². The second-order valence-corrected chi connectivity index (χ2v) is 4.86. The SMILES string of the molecule is Cc1cc(COc2c(Cl)cccc2CCN)n(C)n1. The maximum absolute atomic E-state index is 6.19. The highest BCUT2D eigenvalue weighted by molar-refractivity contribution is 6.32. The van der Waals surface area contributed by atoms with Crippen molar-refractivity contribution in [2.45, 2.75) is 20.0 Å². The lowest BCUT2D eigenvalue weighted by Gasteiger charge is -2.12. The number of nitrogens with zero attached hydrogens (tertiary/aromatic N) is 2. The minimum Gasteiger partial charge on any atom is -0.485 e. The number of rotatable bonds is 5. The minimum absolute atomic E-state index is 0.443. The van der Waals surface area contributed by atoms with E-state index in [0.717, 1.165) is 23.4 Å². The van der Waals surface area contributed by atoms with E-state index in [9.17, 15) is 0 Å². The third-order valence-electron chi connectivity index (χ3n) is 2.93. The molecule has 0 aliphatic heterocycles. The predicted octanol–water partition coefficient (Wildman–Crippen LogP) is 2.46. The summed E-state index contributed by atoms with van der Waals surface area (Å²) in [7, 11) is 1.90. The van der Waals surface area contributed by atoms with Crippen molar-refractivity contribution in [3.05, 3.63) is 46.2 Å². The van der Waals surface area contributed by atoms with Gasteiger partial charge in [0.1, 0.15) is 12.4 Å². The maximum atomic E-state index is 6.19. The molecule has 0 unspecified atom stereocenters. The fourth-order valence-electron chi connectivity index (χ4n) is 2.01. The first-order chi connectivity index (χ1) is 9.11. The number of hydrogen-bond acceptors (Lipinski definition) is 3. The summed E-state index contributed by atoms with van der Waals surface area (Å²) in [5.41, 5.74) is 8.62. The molecular formula is C14H18ClN3O. The fourth-order valence-corrected chi connectivity index (χ4v) is 2.26. The Hall–Kier alpha value is -1.52. The third kappa shape index (κ3) is 3.28. The quantitative estimate of drug-likeness (QED) is 0.915. The van der Waals surface area contributed by atoms with E-state index in [-0.39, 0.29) is 0 Å². The molecule has 102 valence electrons. The summed E-state index contributed by atoms with van der Waals surface area (Å²) in [5.74, 6) is 0.716. The molecule has 0 atom stereocenters. The molecule has 0 aliphatic rings. The largest absolute Gasteiger partial charge is 0.485 e. The van der Waals surface area contributed by atoms with Crippen LogP contribution >= 0.6 is 11.6 Å². The van der Waals surface area contributed by atoms with Crippen molar-refractivity contribution >= 4 is 11.6 Å². The number of aromatic nitrogens is 2. The zero-order chi connectivity index (χ0) is 13.8. The lowest BCUT2D eigenvalue weighted by molar-refractivity contribution is 0.292. The Morgan fingerprint density at radius 2 is 2.21 bits per heavy atom. The molecule has 1 heterocycles. The Kier molecular flexibility index (Phi) is 4.45. The Morgan fingerprint density at radius 1 is 1.42 bits per heavy atom. The van der Waals surface area contributed by atoms with Gasteiger partial charge in [-0.3, -0.25) is 4.68 Å². The van der Waals surface area contributed by atoms with Crippen molar-refractivity contribution in [1.29, 1.82) is 0 Å². The van der Waals surface area contributed by atoms with Crippen LogP contribution in [-0.4, -0.2) is 16.3 Å². The number of nitrogens with two attached hydrogens (primary N) is 1. The number of benzene rings is 1. The van der Waals surface area contributed by atoms with Gasteiger partial charge in [0.2, 0.25) is 0 Å². The van der Waals surface area contributed by atoms with Gasteiger partial charge in [-0.2, -0.15) is 5.10 Å². The lowest BCUT2D eigenvalue weighted by Crippen LogP contribution is -2.07. The van der Waals surface area contributed by atoms with Crippen LogP contribution in [0.15, 0.2) is 24.3 Å². The van der Waals surface area contributed by atoms with Crippen molar-refractivity contribution in [2.24, 2.45) is 12.8 Å². The molecule has 0 saturated carbocycles. The highest BCUT2D eigenvalue weighted by Gasteiger charge is 2.10. The molecular weight excluding hydrogens is 262 g/mol. The third-order valence-corrected chi connectivity index (χ3v) is 3.22. The molecule has 0 aliphatic carbocycles. The molecule has 0 fully saturated rings. The van der Waals surface area contributed by atoms with Gasteiger partial charge in [-0.05, 0) is 37.6 Å². The molecule has 2 aromatic rings. The van der Waals surface area contributed by atoms with Crippen molar-refractivity contribution in [1.82, 2.24) is 9.78 Å². The van der Waals surface area contributed by atoms with E-state index in [2.05, 4.69) is 5.10 Å². The fraction of sp³-hybridized carbons (Fsp3) is 0.357. The van der Waals surface area contributed by atoms with E-state index in [4.69, 9.17) is 22.1 Å². The van der Waals surface area contributed by atoms with Crippen molar-refractivity contribution in [3.8, 4) is 5.75 Å². The van der Waals surface area contributed by atoms with Gasteiger partial charge in [0.15, 0.2) is 0 Å². The molecule has 0 amide bonds. The molecule has 0 spiro atoms. The van der Waals surface area contributed by atoms with Gasteiger partial charge in [0.25, 0.3) is 0 Å². The van der Waals surface area contributed by atoms with Gasteiger partial charge in [0.05, 0.1) is 16.4 Å².